The quantitative estimate of drug-likeness (QED) is 0.918. The van der Waals surface area contributed by atoms with E-state index in [4.69, 9.17) is 4.74 Å². The lowest BCUT2D eigenvalue weighted by atomic mass is 9.98. The molecule has 2 fully saturated rings. The van der Waals surface area contributed by atoms with Crippen molar-refractivity contribution >= 4 is 5.91 Å². The maximum atomic E-state index is 13.7. The molecule has 0 unspecified atom stereocenters. The molecular formula is C18H24F2N2O2. The maximum Gasteiger partial charge on any atom is 0.225 e. The minimum atomic E-state index is -0.850. The molecule has 0 saturated carbocycles. The number of rotatable bonds is 4. The fourth-order valence-corrected chi connectivity index (χ4v) is 3.71. The fraction of sp³-hybridized carbons (Fsp3) is 0.611. The second-order valence-corrected chi connectivity index (χ2v) is 6.91. The monoisotopic (exact) mass is 338 g/mol. The average molecular weight is 338 g/mol. The van der Waals surface area contributed by atoms with Gasteiger partial charge in [-0.25, -0.2) is 8.78 Å². The highest BCUT2D eigenvalue weighted by Crippen LogP contribution is 2.35. The number of carbonyl (C=O) groups excluding carboxylic acids is 1. The number of halogens is 2. The molecule has 6 heteroatoms. The van der Waals surface area contributed by atoms with Gasteiger partial charge in [0.2, 0.25) is 5.91 Å². The van der Waals surface area contributed by atoms with Crippen LogP contribution in [0, 0.1) is 17.6 Å². The van der Waals surface area contributed by atoms with E-state index in [1.165, 1.54) is 6.07 Å². The highest BCUT2D eigenvalue weighted by molar-refractivity contribution is 5.79. The highest BCUT2D eigenvalue weighted by atomic mass is 19.2. The van der Waals surface area contributed by atoms with Gasteiger partial charge in [-0.15, -0.1) is 0 Å². The highest BCUT2D eigenvalue weighted by Gasteiger charge is 2.39. The zero-order chi connectivity index (χ0) is 17.3. The number of amides is 1. The summed E-state index contributed by atoms with van der Waals surface area (Å²) >= 11 is 0. The van der Waals surface area contributed by atoms with Crippen molar-refractivity contribution in [2.75, 3.05) is 19.8 Å². The van der Waals surface area contributed by atoms with Crippen molar-refractivity contribution in [1.82, 2.24) is 10.2 Å². The van der Waals surface area contributed by atoms with Crippen molar-refractivity contribution in [2.24, 2.45) is 5.92 Å². The summed E-state index contributed by atoms with van der Waals surface area (Å²) in [6.07, 6.45) is 1.53. The number of benzene rings is 1. The van der Waals surface area contributed by atoms with Crippen molar-refractivity contribution in [2.45, 2.75) is 44.8 Å². The third-order valence-corrected chi connectivity index (χ3v) is 5.01. The number of carbonyl (C=O) groups is 1. The molecule has 0 spiro atoms. The molecular weight excluding hydrogens is 314 g/mol. The molecule has 1 amide bonds. The van der Waals surface area contributed by atoms with Crippen LogP contribution in [0.5, 0.6) is 0 Å². The van der Waals surface area contributed by atoms with Gasteiger partial charge in [0.15, 0.2) is 11.6 Å². The van der Waals surface area contributed by atoms with E-state index < -0.39 is 11.6 Å². The molecule has 132 valence electrons. The lowest BCUT2D eigenvalue weighted by Crippen LogP contribution is -2.43. The average Bonchev–Trinajstić information content (AvgIpc) is 3.19. The van der Waals surface area contributed by atoms with E-state index in [2.05, 4.69) is 24.1 Å². The van der Waals surface area contributed by atoms with Crippen LogP contribution in [0.25, 0.3) is 0 Å². The predicted molar refractivity (Wildman–Crippen MR) is 86.4 cm³/mol. The Hall–Kier alpha value is -1.53. The van der Waals surface area contributed by atoms with E-state index >= 15 is 0 Å². The lowest BCUT2D eigenvalue weighted by molar-refractivity contribution is -0.125. The molecule has 0 bridgehead atoms. The molecule has 1 aromatic rings. The van der Waals surface area contributed by atoms with Gasteiger partial charge in [-0.05, 0) is 44.4 Å². The summed E-state index contributed by atoms with van der Waals surface area (Å²) < 4.78 is 32.3. The summed E-state index contributed by atoms with van der Waals surface area (Å²) in [6, 6.07) is 4.02. The van der Waals surface area contributed by atoms with Gasteiger partial charge in [0.1, 0.15) is 0 Å². The van der Waals surface area contributed by atoms with E-state index in [9.17, 15) is 13.6 Å². The molecule has 2 heterocycles. The van der Waals surface area contributed by atoms with Gasteiger partial charge >= 0.3 is 0 Å². The number of hydrogen-bond donors (Lipinski definition) is 1. The summed E-state index contributed by atoms with van der Waals surface area (Å²) in [5, 5.41) is 3.11. The third kappa shape index (κ3) is 3.44. The Bertz CT molecular complexity index is 603. The van der Waals surface area contributed by atoms with Crippen molar-refractivity contribution in [3.8, 4) is 0 Å². The molecule has 24 heavy (non-hydrogen) atoms. The molecule has 3 rings (SSSR count). The minimum absolute atomic E-state index is 0.00399. The Kier molecular flexibility index (Phi) is 5.15. The first-order chi connectivity index (χ1) is 11.5. The summed E-state index contributed by atoms with van der Waals surface area (Å²) in [6.45, 7) is 6.03. The first-order valence-corrected chi connectivity index (χ1v) is 8.56. The molecule has 2 aliphatic rings. The van der Waals surface area contributed by atoms with E-state index in [0.29, 0.717) is 18.8 Å². The van der Waals surface area contributed by atoms with Crippen LogP contribution in [0.1, 0.15) is 38.3 Å². The number of nitrogens with one attached hydrogen (secondary N) is 1. The summed E-state index contributed by atoms with van der Waals surface area (Å²) in [7, 11) is 0. The maximum absolute atomic E-state index is 13.7. The van der Waals surface area contributed by atoms with Crippen LogP contribution in [-0.2, 0) is 9.53 Å². The van der Waals surface area contributed by atoms with Crippen LogP contribution in [-0.4, -0.2) is 42.6 Å². The number of hydrogen-bond acceptors (Lipinski definition) is 3. The largest absolute Gasteiger partial charge is 0.381 e. The van der Waals surface area contributed by atoms with Crippen LogP contribution in [0.3, 0.4) is 0 Å². The van der Waals surface area contributed by atoms with Crippen molar-refractivity contribution in [1.29, 1.82) is 0 Å². The zero-order valence-corrected chi connectivity index (χ0v) is 14.1. The molecule has 1 aromatic carbocycles. The minimum Gasteiger partial charge on any atom is -0.381 e. The molecule has 0 radical (unpaired) electrons. The molecule has 3 atom stereocenters. The first kappa shape index (κ1) is 17.3. The Balaban J connectivity index is 1.81. The molecule has 4 nitrogen and oxygen atoms in total. The van der Waals surface area contributed by atoms with Crippen LogP contribution in [0.2, 0.25) is 0 Å². The Morgan fingerprint density at radius 1 is 1.29 bits per heavy atom. The topological polar surface area (TPSA) is 41.6 Å². The van der Waals surface area contributed by atoms with Crippen LogP contribution < -0.4 is 5.32 Å². The molecule has 2 aliphatic heterocycles. The lowest BCUT2D eigenvalue weighted by Gasteiger charge is -2.32. The van der Waals surface area contributed by atoms with E-state index in [-0.39, 0.29) is 30.0 Å². The van der Waals surface area contributed by atoms with Gasteiger partial charge in [0.05, 0.1) is 18.6 Å². The SMILES string of the molecule is CC(C)N1CC[C@H](NC(=O)[C@H]2CCOC2)[C@@H]1c1ccc(F)c(F)c1. The van der Waals surface area contributed by atoms with E-state index in [1.54, 1.807) is 6.07 Å². The Morgan fingerprint density at radius 2 is 2.08 bits per heavy atom. The number of likely N-dealkylation sites (tertiary alicyclic amines) is 1. The van der Waals surface area contributed by atoms with Crippen molar-refractivity contribution in [3.05, 3.63) is 35.4 Å². The second-order valence-electron chi connectivity index (χ2n) is 6.91. The van der Waals surface area contributed by atoms with Gasteiger partial charge in [0, 0.05) is 25.2 Å². The second kappa shape index (κ2) is 7.15. The standard InChI is InChI=1S/C18H24F2N2O2/c1-11(2)22-7-5-16(21-18(23)13-6-8-24-10-13)17(22)12-3-4-14(19)15(20)9-12/h3-4,9,11,13,16-17H,5-8,10H2,1-2H3,(H,21,23)/t13-,16-,17-/m0/s1. The summed E-state index contributed by atoms with van der Waals surface area (Å²) in [5.41, 5.74) is 0.702. The molecule has 0 aliphatic carbocycles. The van der Waals surface area contributed by atoms with Gasteiger partial charge in [-0.3, -0.25) is 9.69 Å². The normalized spacial score (nSPS) is 27.8. The van der Waals surface area contributed by atoms with Gasteiger partial charge < -0.3 is 10.1 Å². The van der Waals surface area contributed by atoms with Gasteiger partial charge in [-0.1, -0.05) is 6.07 Å². The van der Waals surface area contributed by atoms with Crippen LogP contribution in [0.4, 0.5) is 8.78 Å². The molecule has 0 aromatic heterocycles. The predicted octanol–water partition coefficient (Wildman–Crippen LogP) is 2.64. The van der Waals surface area contributed by atoms with Crippen LogP contribution in [0.15, 0.2) is 18.2 Å². The smallest absolute Gasteiger partial charge is 0.225 e. The first-order valence-electron chi connectivity index (χ1n) is 8.56. The zero-order valence-electron chi connectivity index (χ0n) is 14.1. The van der Waals surface area contributed by atoms with Crippen LogP contribution >= 0.6 is 0 Å². The fourth-order valence-electron chi connectivity index (χ4n) is 3.71. The van der Waals surface area contributed by atoms with Gasteiger partial charge in [0.25, 0.3) is 0 Å². The van der Waals surface area contributed by atoms with Crippen molar-refractivity contribution < 1.29 is 18.3 Å². The van der Waals surface area contributed by atoms with E-state index in [1.807, 2.05) is 0 Å². The molecule has 1 N–H and O–H groups in total. The Morgan fingerprint density at radius 3 is 2.71 bits per heavy atom. The Labute approximate surface area is 141 Å². The van der Waals surface area contributed by atoms with E-state index in [0.717, 1.165) is 25.5 Å². The summed E-state index contributed by atoms with van der Waals surface area (Å²) in [5.74, 6) is -1.81. The third-order valence-electron chi connectivity index (χ3n) is 5.01. The number of nitrogens with zero attached hydrogens (tertiary/aromatic N) is 1. The molecule has 2 saturated heterocycles. The van der Waals surface area contributed by atoms with Gasteiger partial charge in [-0.2, -0.15) is 0 Å². The van der Waals surface area contributed by atoms with Crippen molar-refractivity contribution in [3.63, 3.8) is 0 Å². The summed E-state index contributed by atoms with van der Waals surface area (Å²) in [4.78, 5) is 14.7. The number of ether oxygens (including phenoxy) is 1.